The van der Waals surface area contributed by atoms with E-state index >= 15 is 0 Å². The van der Waals surface area contributed by atoms with Crippen LogP contribution in [0.15, 0.2) is 53.8 Å². The molecule has 0 saturated heterocycles. The molecule has 28 heavy (non-hydrogen) atoms. The van der Waals surface area contributed by atoms with Gasteiger partial charge < -0.3 is 4.90 Å². The number of carbonyl (C=O) groups excluding carboxylic acids is 1. The van der Waals surface area contributed by atoms with Crippen molar-refractivity contribution in [2.45, 2.75) is 32.6 Å². The largest absolute Gasteiger partial charge is 0.356 e. The van der Waals surface area contributed by atoms with Gasteiger partial charge >= 0.3 is 0 Å². The molecule has 144 valence electrons. The minimum absolute atomic E-state index is 0.0209. The Balaban J connectivity index is 1.49. The van der Waals surface area contributed by atoms with Gasteiger partial charge in [-0.1, -0.05) is 31.2 Å². The number of Topliss-reactive ketones (excluding diaryl/α,β-unsaturated/α-hetero) is 1. The maximum Gasteiger partial charge on any atom is 0.185 e. The lowest BCUT2D eigenvalue weighted by atomic mass is 10.0. The predicted octanol–water partition coefficient (Wildman–Crippen LogP) is 3.89. The van der Waals surface area contributed by atoms with Gasteiger partial charge in [0.05, 0.1) is 12.3 Å². The van der Waals surface area contributed by atoms with Gasteiger partial charge in [-0.25, -0.2) is 9.97 Å². The number of allylic oxidation sites excluding steroid dienone is 1. The number of benzene rings is 1. The van der Waals surface area contributed by atoms with Crippen LogP contribution in [0.1, 0.15) is 47.8 Å². The van der Waals surface area contributed by atoms with Gasteiger partial charge in [-0.05, 0) is 48.4 Å². The van der Waals surface area contributed by atoms with Gasteiger partial charge in [0.2, 0.25) is 0 Å². The van der Waals surface area contributed by atoms with Crippen LogP contribution in [0.3, 0.4) is 0 Å². The smallest absolute Gasteiger partial charge is 0.185 e. The third-order valence-electron chi connectivity index (χ3n) is 5.16. The molecule has 2 heterocycles. The summed E-state index contributed by atoms with van der Waals surface area (Å²) in [6.07, 6.45) is 9.58. The topological polar surface area (TPSA) is 58.5 Å². The summed E-state index contributed by atoms with van der Waals surface area (Å²) in [7, 11) is 0. The Morgan fingerprint density at radius 3 is 2.86 bits per heavy atom. The van der Waals surface area contributed by atoms with E-state index in [9.17, 15) is 4.79 Å². The highest BCUT2D eigenvalue weighted by atomic mass is 16.1. The minimum Gasteiger partial charge on any atom is -0.356 e. The second-order valence-electron chi connectivity index (χ2n) is 7.58. The molecular formula is C23H26N4O. The van der Waals surface area contributed by atoms with E-state index in [1.54, 1.807) is 0 Å². The average molecular weight is 374 g/mol. The fraction of sp³-hybridized carbons (Fsp3) is 0.391. The van der Waals surface area contributed by atoms with E-state index in [1.165, 1.54) is 19.2 Å². The van der Waals surface area contributed by atoms with E-state index < -0.39 is 0 Å². The first-order chi connectivity index (χ1) is 13.7. The van der Waals surface area contributed by atoms with E-state index in [2.05, 4.69) is 26.8 Å². The van der Waals surface area contributed by atoms with Crippen molar-refractivity contribution in [2.24, 2.45) is 10.9 Å². The number of hydrogen-bond acceptors (Lipinski definition) is 5. The lowest BCUT2D eigenvalue weighted by molar-refractivity contribution is 0.0988. The first-order valence-corrected chi connectivity index (χ1v) is 10.1. The number of ketones is 1. The maximum atomic E-state index is 12.9. The summed E-state index contributed by atoms with van der Waals surface area (Å²) in [6, 6.07) is 9.90. The quantitative estimate of drug-likeness (QED) is 0.625. The molecule has 0 atom stereocenters. The van der Waals surface area contributed by atoms with Crippen molar-refractivity contribution < 1.29 is 4.79 Å². The second-order valence-corrected chi connectivity index (χ2v) is 7.58. The molecule has 0 radical (unpaired) electrons. The average Bonchev–Trinajstić information content (AvgIpc) is 3.37. The van der Waals surface area contributed by atoms with Crippen molar-refractivity contribution in [1.29, 1.82) is 0 Å². The Kier molecular flexibility index (Phi) is 5.60. The summed E-state index contributed by atoms with van der Waals surface area (Å²) in [5, 5.41) is 0. The molecule has 1 aromatic carbocycles. The molecule has 1 aromatic heterocycles. The van der Waals surface area contributed by atoms with E-state index in [-0.39, 0.29) is 5.78 Å². The normalized spacial score (nSPS) is 15.5. The van der Waals surface area contributed by atoms with Crippen molar-refractivity contribution in [1.82, 2.24) is 9.97 Å². The van der Waals surface area contributed by atoms with Crippen LogP contribution in [-0.2, 0) is 6.42 Å². The summed E-state index contributed by atoms with van der Waals surface area (Å²) in [5.41, 5.74) is 3.51. The van der Waals surface area contributed by atoms with Crippen LogP contribution in [0.2, 0.25) is 0 Å². The zero-order valence-electron chi connectivity index (χ0n) is 16.3. The molecule has 0 amide bonds. The fourth-order valence-corrected chi connectivity index (χ4v) is 3.53. The van der Waals surface area contributed by atoms with Crippen LogP contribution in [0.4, 0.5) is 5.82 Å². The van der Waals surface area contributed by atoms with Gasteiger partial charge in [-0.15, -0.1) is 0 Å². The Labute approximate surface area is 166 Å². The number of anilines is 1. The zero-order chi connectivity index (χ0) is 19.3. The van der Waals surface area contributed by atoms with Crippen LogP contribution >= 0.6 is 0 Å². The monoisotopic (exact) mass is 374 g/mol. The Hall–Kier alpha value is -2.82. The van der Waals surface area contributed by atoms with Crippen molar-refractivity contribution in [2.75, 3.05) is 24.5 Å². The molecule has 0 spiro atoms. The maximum absolute atomic E-state index is 12.9. The van der Waals surface area contributed by atoms with E-state index in [0.717, 1.165) is 54.6 Å². The Morgan fingerprint density at radius 2 is 2.11 bits per heavy atom. The summed E-state index contributed by atoms with van der Waals surface area (Å²) in [5.74, 6) is 1.66. The van der Waals surface area contributed by atoms with Crippen molar-refractivity contribution in [3.05, 3.63) is 65.6 Å². The minimum atomic E-state index is 0.0209. The molecular weight excluding hydrogens is 348 g/mol. The molecule has 5 heteroatoms. The van der Waals surface area contributed by atoms with Crippen molar-refractivity contribution in [3.8, 4) is 0 Å². The summed E-state index contributed by atoms with van der Waals surface area (Å²) < 4.78 is 0. The van der Waals surface area contributed by atoms with Crippen molar-refractivity contribution in [3.63, 3.8) is 0 Å². The SMILES string of the molecule is CCCN(CC1CC1)c1cc(C(=O)Cc2cccc(C3=NCC=C3)c2)ncn1. The Bertz CT molecular complexity index is 914. The number of nitrogens with zero attached hydrogens (tertiary/aromatic N) is 4. The molecule has 0 bridgehead atoms. The van der Waals surface area contributed by atoms with Crippen LogP contribution in [0, 0.1) is 5.92 Å². The number of hydrogen-bond donors (Lipinski definition) is 0. The van der Waals surface area contributed by atoms with Gasteiger partial charge in [-0.2, -0.15) is 0 Å². The van der Waals surface area contributed by atoms with Crippen LogP contribution < -0.4 is 4.90 Å². The van der Waals surface area contributed by atoms with Gasteiger partial charge in [0.1, 0.15) is 17.8 Å². The van der Waals surface area contributed by atoms with E-state index in [0.29, 0.717) is 12.1 Å². The lowest BCUT2D eigenvalue weighted by Crippen LogP contribution is -2.27. The lowest BCUT2D eigenvalue weighted by Gasteiger charge is -2.23. The fourth-order valence-electron chi connectivity index (χ4n) is 3.53. The molecule has 5 nitrogen and oxygen atoms in total. The number of aliphatic imine (C=N–C) groups is 1. The van der Waals surface area contributed by atoms with Gasteiger partial charge in [-0.3, -0.25) is 9.79 Å². The van der Waals surface area contributed by atoms with Crippen molar-refractivity contribution >= 4 is 17.3 Å². The first-order valence-electron chi connectivity index (χ1n) is 10.1. The van der Waals surface area contributed by atoms with E-state index in [1.807, 2.05) is 42.5 Å². The van der Waals surface area contributed by atoms with Gasteiger partial charge in [0.15, 0.2) is 5.78 Å². The Morgan fingerprint density at radius 1 is 1.21 bits per heavy atom. The van der Waals surface area contributed by atoms with Gasteiger partial charge in [0.25, 0.3) is 0 Å². The molecule has 1 aliphatic carbocycles. The molecule has 4 rings (SSSR count). The molecule has 2 aromatic rings. The predicted molar refractivity (Wildman–Crippen MR) is 112 cm³/mol. The van der Waals surface area contributed by atoms with E-state index in [4.69, 9.17) is 0 Å². The molecule has 1 fully saturated rings. The van der Waals surface area contributed by atoms with Gasteiger partial charge in [0, 0.05) is 25.6 Å². The highest BCUT2D eigenvalue weighted by Crippen LogP contribution is 2.31. The molecule has 0 N–H and O–H groups in total. The molecule has 1 aliphatic heterocycles. The van der Waals surface area contributed by atoms with Crippen LogP contribution in [0.5, 0.6) is 0 Å². The summed E-state index contributed by atoms with van der Waals surface area (Å²) in [4.78, 5) is 28.3. The van der Waals surface area contributed by atoms with Crippen LogP contribution in [0.25, 0.3) is 0 Å². The first kappa shape index (κ1) is 18.5. The number of aromatic nitrogens is 2. The third-order valence-corrected chi connectivity index (χ3v) is 5.16. The summed E-state index contributed by atoms with van der Waals surface area (Å²) >= 11 is 0. The van der Waals surface area contributed by atoms with Crippen LogP contribution in [-0.4, -0.2) is 41.1 Å². The second kappa shape index (κ2) is 8.46. The zero-order valence-corrected chi connectivity index (χ0v) is 16.3. The molecule has 1 saturated carbocycles. The highest BCUT2D eigenvalue weighted by Gasteiger charge is 2.25. The third kappa shape index (κ3) is 4.53. The molecule has 2 aliphatic rings. The standard InChI is InChI=1S/C23H26N4O/c1-2-11-27(15-17-8-9-17)23-14-21(25-16-26-23)22(28)13-18-5-3-6-19(12-18)20-7-4-10-24-20/h3-7,12,14,16-17H,2,8-11,13,15H2,1H3. The summed E-state index contributed by atoms with van der Waals surface area (Å²) in [6.45, 7) is 4.89. The molecule has 0 unspecified atom stereocenters. The number of carbonyl (C=O) groups is 1. The highest BCUT2D eigenvalue weighted by molar-refractivity contribution is 6.10. The number of rotatable bonds is 9.